The number of rotatable bonds is 3. The number of sulfonamides is 2. The van der Waals surface area contributed by atoms with E-state index in [-0.39, 0.29) is 10.6 Å². The van der Waals surface area contributed by atoms with Crippen molar-refractivity contribution in [3.8, 4) is 0 Å². The maximum absolute atomic E-state index is 11.1. The smallest absolute Gasteiger partial charge is 0.238 e. The van der Waals surface area contributed by atoms with Gasteiger partial charge in [-0.15, -0.1) is 0 Å². The molecule has 3 N–H and O–H groups in total. The molecule has 0 aromatic heterocycles. The first-order valence-corrected chi connectivity index (χ1v) is 7.64. The molecule has 8 heteroatoms. The normalized spacial score (nSPS) is 12.4. The lowest BCUT2D eigenvalue weighted by Crippen LogP contribution is -2.14. The number of nitrogens with one attached hydrogen (secondary N) is 1. The summed E-state index contributed by atoms with van der Waals surface area (Å²) in [7, 11) is -7.28. The standard InChI is InChI=1S/C8H12N2O4S2/c1-6-3-7(10-15(2,11)12)5-8(4-6)16(9,13)14/h3-5,10H,1-2H3,(H2,9,13,14). The van der Waals surface area contributed by atoms with Crippen LogP contribution >= 0.6 is 0 Å². The number of hydrogen-bond donors (Lipinski definition) is 2. The summed E-state index contributed by atoms with van der Waals surface area (Å²) >= 11 is 0. The third-order valence-corrected chi connectivity index (χ3v) is 3.18. The van der Waals surface area contributed by atoms with E-state index in [0.717, 1.165) is 6.26 Å². The second-order valence-electron chi connectivity index (χ2n) is 3.45. The molecule has 0 saturated carbocycles. The summed E-state index contributed by atoms with van der Waals surface area (Å²) in [5.41, 5.74) is 0.768. The lowest BCUT2D eigenvalue weighted by Gasteiger charge is -2.07. The van der Waals surface area contributed by atoms with E-state index < -0.39 is 20.0 Å². The Hall–Kier alpha value is -1.12. The molecule has 0 saturated heterocycles. The lowest BCUT2D eigenvalue weighted by molar-refractivity contribution is 0.597. The molecule has 6 nitrogen and oxygen atoms in total. The zero-order valence-corrected chi connectivity index (χ0v) is 10.4. The highest BCUT2D eigenvalue weighted by Crippen LogP contribution is 2.18. The maximum Gasteiger partial charge on any atom is 0.238 e. The Morgan fingerprint density at radius 3 is 2.12 bits per heavy atom. The van der Waals surface area contributed by atoms with Crippen molar-refractivity contribution in [2.45, 2.75) is 11.8 Å². The summed E-state index contributed by atoms with van der Waals surface area (Å²) in [6, 6.07) is 4.04. The molecule has 0 amide bonds. The van der Waals surface area contributed by atoms with E-state index in [1.54, 1.807) is 6.92 Å². The fourth-order valence-electron chi connectivity index (χ4n) is 1.19. The SMILES string of the molecule is Cc1cc(NS(C)(=O)=O)cc(S(N)(=O)=O)c1. The van der Waals surface area contributed by atoms with Crippen LogP contribution in [0.3, 0.4) is 0 Å². The Morgan fingerprint density at radius 1 is 1.12 bits per heavy atom. The molecule has 0 bridgehead atoms. The first kappa shape index (κ1) is 12.9. The highest BCUT2D eigenvalue weighted by atomic mass is 32.2. The zero-order chi connectivity index (χ0) is 12.6. The van der Waals surface area contributed by atoms with Gasteiger partial charge in [-0.25, -0.2) is 22.0 Å². The molecule has 16 heavy (non-hydrogen) atoms. The second-order valence-corrected chi connectivity index (χ2v) is 6.76. The van der Waals surface area contributed by atoms with Crippen LogP contribution in [0.1, 0.15) is 5.56 Å². The molecular weight excluding hydrogens is 252 g/mol. The number of primary sulfonamides is 1. The van der Waals surface area contributed by atoms with Crippen LogP contribution in [-0.4, -0.2) is 23.1 Å². The van der Waals surface area contributed by atoms with Crippen LogP contribution in [0, 0.1) is 6.92 Å². The van der Waals surface area contributed by atoms with Crippen LogP contribution in [0.25, 0.3) is 0 Å². The molecule has 0 atom stereocenters. The van der Waals surface area contributed by atoms with E-state index in [0.29, 0.717) is 5.56 Å². The van der Waals surface area contributed by atoms with E-state index in [9.17, 15) is 16.8 Å². The number of benzene rings is 1. The summed E-state index contributed by atoms with van der Waals surface area (Å²) in [6.45, 7) is 1.64. The Morgan fingerprint density at radius 2 is 1.69 bits per heavy atom. The van der Waals surface area contributed by atoms with Crippen molar-refractivity contribution in [1.82, 2.24) is 0 Å². The topological polar surface area (TPSA) is 106 Å². The summed E-state index contributed by atoms with van der Waals surface area (Å²) in [6.07, 6.45) is 0.978. The number of anilines is 1. The van der Waals surface area contributed by atoms with Crippen LogP contribution in [0.2, 0.25) is 0 Å². The third-order valence-electron chi connectivity index (χ3n) is 1.68. The summed E-state index contributed by atoms with van der Waals surface area (Å²) in [4.78, 5) is -0.126. The van der Waals surface area contributed by atoms with Gasteiger partial charge in [0, 0.05) is 0 Å². The van der Waals surface area contributed by atoms with E-state index in [1.165, 1.54) is 18.2 Å². The van der Waals surface area contributed by atoms with Crippen molar-refractivity contribution in [2.24, 2.45) is 5.14 Å². The minimum Gasteiger partial charge on any atom is -0.284 e. The van der Waals surface area contributed by atoms with Gasteiger partial charge in [0.15, 0.2) is 0 Å². The number of nitrogens with two attached hydrogens (primary N) is 1. The van der Waals surface area contributed by atoms with Crippen molar-refractivity contribution in [2.75, 3.05) is 11.0 Å². The summed E-state index contributed by atoms with van der Waals surface area (Å²) < 4.78 is 46.4. The molecular formula is C8H12N2O4S2. The molecule has 1 rings (SSSR count). The minimum atomic E-state index is -3.84. The number of aryl methyl sites for hydroxylation is 1. The van der Waals surface area contributed by atoms with E-state index in [1.807, 2.05) is 0 Å². The van der Waals surface area contributed by atoms with Gasteiger partial charge in [-0.2, -0.15) is 0 Å². The molecule has 1 aromatic rings. The highest BCUT2D eigenvalue weighted by Gasteiger charge is 2.11. The lowest BCUT2D eigenvalue weighted by atomic mass is 10.2. The molecule has 0 aliphatic carbocycles. The van der Waals surface area contributed by atoms with Gasteiger partial charge >= 0.3 is 0 Å². The van der Waals surface area contributed by atoms with Crippen LogP contribution in [0.4, 0.5) is 5.69 Å². The molecule has 90 valence electrons. The molecule has 0 fully saturated rings. The average molecular weight is 264 g/mol. The van der Waals surface area contributed by atoms with E-state index >= 15 is 0 Å². The molecule has 0 aliphatic rings. The van der Waals surface area contributed by atoms with Crippen molar-refractivity contribution in [3.05, 3.63) is 23.8 Å². The average Bonchev–Trinajstić information content (AvgIpc) is 1.97. The minimum absolute atomic E-state index is 0.126. The molecule has 1 aromatic carbocycles. The van der Waals surface area contributed by atoms with Gasteiger partial charge < -0.3 is 0 Å². The van der Waals surface area contributed by atoms with Crippen molar-refractivity contribution < 1.29 is 16.8 Å². The quantitative estimate of drug-likeness (QED) is 0.802. The zero-order valence-electron chi connectivity index (χ0n) is 8.76. The van der Waals surface area contributed by atoms with Gasteiger partial charge in [0.1, 0.15) is 0 Å². The van der Waals surface area contributed by atoms with E-state index in [4.69, 9.17) is 5.14 Å². The highest BCUT2D eigenvalue weighted by molar-refractivity contribution is 7.92. The molecule has 0 heterocycles. The summed E-state index contributed by atoms with van der Waals surface area (Å²) in [5.74, 6) is 0. The third kappa shape index (κ3) is 3.80. The molecule has 0 radical (unpaired) electrons. The Kier molecular flexibility index (Phi) is 3.27. The molecule has 0 spiro atoms. The maximum atomic E-state index is 11.1. The van der Waals surface area contributed by atoms with Crippen molar-refractivity contribution in [3.63, 3.8) is 0 Å². The summed E-state index contributed by atoms with van der Waals surface area (Å²) in [5, 5.41) is 4.95. The predicted octanol–water partition coefficient (Wildman–Crippen LogP) is 0.0139. The first-order chi connectivity index (χ1) is 7.08. The molecule has 0 aliphatic heterocycles. The molecule has 0 unspecified atom stereocenters. The van der Waals surface area contributed by atoms with Gasteiger partial charge in [0.25, 0.3) is 0 Å². The monoisotopic (exact) mass is 264 g/mol. The Bertz CT molecular complexity index is 605. The first-order valence-electron chi connectivity index (χ1n) is 4.20. The Balaban J connectivity index is 3.30. The Labute approximate surface area is 94.6 Å². The van der Waals surface area contributed by atoms with Crippen molar-refractivity contribution >= 4 is 25.7 Å². The van der Waals surface area contributed by atoms with Crippen molar-refractivity contribution in [1.29, 1.82) is 0 Å². The fourth-order valence-corrected chi connectivity index (χ4v) is 2.37. The number of hydrogen-bond acceptors (Lipinski definition) is 4. The van der Waals surface area contributed by atoms with Gasteiger partial charge in [0.05, 0.1) is 16.8 Å². The van der Waals surface area contributed by atoms with Crippen LogP contribution in [-0.2, 0) is 20.0 Å². The largest absolute Gasteiger partial charge is 0.284 e. The fraction of sp³-hybridized carbons (Fsp3) is 0.250. The van der Waals surface area contributed by atoms with Gasteiger partial charge in [-0.1, -0.05) is 0 Å². The van der Waals surface area contributed by atoms with Crippen LogP contribution in [0.15, 0.2) is 23.1 Å². The van der Waals surface area contributed by atoms with Crippen LogP contribution in [0.5, 0.6) is 0 Å². The predicted molar refractivity (Wildman–Crippen MR) is 61.0 cm³/mol. The van der Waals surface area contributed by atoms with Gasteiger partial charge in [-0.3, -0.25) is 4.72 Å². The van der Waals surface area contributed by atoms with Crippen LogP contribution < -0.4 is 9.86 Å². The van der Waals surface area contributed by atoms with E-state index in [2.05, 4.69) is 4.72 Å². The van der Waals surface area contributed by atoms with Gasteiger partial charge in [-0.05, 0) is 30.7 Å². The van der Waals surface area contributed by atoms with Gasteiger partial charge in [0.2, 0.25) is 20.0 Å². The second kappa shape index (κ2) is 4.04.